The second-order valence-electron chi connectivity index (χ2n) is 4.44. The zero-order valence-electron chi connectivity index (χ0n) is 9.93. The Balaban J connectivity index is 2.11. The minimum Gasteiger partial charge on any atom is -0.508 e. The topological polar surface area (TPSA) is 46.2 Å². The van der Waals surface area contributed by atoms with Crippen molar-refractivity contribution in [1.82, 2.24) is 0 Å². The smallest absolute Gasteiger partial charge is 0.115 e. The monoisotopic (exact) mass is 227 g/mol. The molecule has 0 amide bonds. The number of phenolic OH excluding ortho intramolecular Hbond substituents is 1. The zero-order chi connectivity index (χ0) is 12.3. The summed E-state index contributed by atoms with van der Waals surface area (Å²) in [5, 5.41) is 9.42. The van der Waals surface area contributed by atoms with E-state index in [-0.39, 0.29) is 0 Å². The first-order valence-corrected chi connectivity index (χ1v) is 5.78. The molecule has 0 spiro atoms. The van der Waals surface area contributed by atoms with Crippen molar-refractivity contribution in [3.05, 3.63) is 59.7 Å². The van der Waals surface area contributed by atoms with Crippen LogP contribution in [0.25, 0.3) is 0 Å². The van der Waals surface area contributed by atoms with Gasteiger partial charge in [-0.25, -0.2) is 0 Å². The number of aromatic hydroxyl groups is 1. The van der Waals surface area contributed by atoms with E-state index in [1.807, 2.05) is 30.3 Å². The second-order valence-corrected chi connectivity index (χ2v) is 4.44. The predicted octanol–water partition coefficient (Wildman–Crippen LogP) is 3.32. The van der Waals surface area contributed by atoms with E-state index in [0.717, 1.165) is 17.7 Å². The largest absolute Gasteiger partial charge is 0.508 e. The minimum atomic E-state index is 0.326. The Labute approximate surface area is 102 Å². The highest BCUT2D eigenvalue weighted by Crippen LogP contribution is 2.22. The lowest BCUT2D eigenvalue weighted by Crippen LogP contribution is -1.98. The van der Waals surface area contributed by atoms with Crippen LogP contribution in [0.15, 0.2) is 48.5 Å². The summed E-state index contributed by atoms with van der Waals surface area (Å²) in [6, 6.07) is 15.4. The summed E-state index contributed by atoms with van der Waals surface area (Å²) in [4.78, 5) is 0. The third-order valence-corrected chi connectivity index (χ3v) is 2.96. The van der Waals surface area contributed by atoms with Crippen LogP contribution in [0, 0.1) is 0 Å². The lowest BCUT2D eigenvalue weighted by Gasteiger charge is -2.12. The number of nitrogens with two attached hydrogens (primary N) is 1. The fourth-order valence-corrected chi connectivity index (χ4v) is 1.98. The van der Waals surface area contributed by atoms with Gasteiger partial charge in [0.1, 0.15) is 5.75 Å². The van der Waals surface area contributed by atoms with E-state index in [1.165, 1.54) is 5.56 Å². The summed E-state index contributed by atoms with van der Waals surface area (Å²) in [7, 11) is 0. The molecule has 2 heteroatoms. The highest BCUT2D eigenvalue weighted by molar-refractivity contribution is 5.40. The van der Waals surface area contributed by atoms with Crippen molar-refractivity contribution in [2.24, 2.45) is 0 Å². The Bertz CT molecular complexity index is 491. The van der Waals surface area contributed by atoms with Gasteiger partial charge < -0.3 is 10.8 Å². The van der Waals surface area contributed by atoms with Gasteiger partial charge in [-0.2, -0.15) is 0 Å². The molecular formula is C15H17NO. The molecule has 0 fully saturated rings. The lowest BCUT2D eigenvalue weighted by molar-refractivity contribution is 0.474. The van der Waals surface area contributed by atoms with E-state index in [1.54, 1.807) is 6.07 Å². The van der Waals surface area contributed by atoms with Gasteiger partial charge in [0.05, 0.1) is 0 Å². The summed E-state index contributed by atoms with van der Waals surface area (Å²) in [6.45, 7) is 2.18. The standard InChI is InChI=1S/C15H17NO/c1-11(13-5-7-14(16)8-6-13)9-12-3-2-4-15(17)10-12/h2-8,10-11,17H,9,16H2,1H3. The normalized spacial score (nSPS) is 12.3. The van der Waals surface area contributed by atoms with Gasteiger partial charge in [-0.1, -0.05) is 31.2 Å². The predicted molar refractivity (Wildman–Crippen MR) is 71.1 cm³/mol. The Kier molecular flexibility index (Phi) is 3.33. The van der Waals surface area contributed by atoms with E-state index < -0.39 is 0 Å². The van der Waals surface area contributed by atoms with E-state index in [2.05, 4.69) is 19.1 Å². The van der Waals surface area contributed by atoms with E-state index >= 15 is 0 Å². The molecule has 0 aliphatic heterocycles. The fraction of sp³-hybridized carbons (Fsp3) is 0.200. The molecule has 0 aromatic heterocycles. The number of rotatable bonds is 3. The van der Waals surface area contributed by atoms with Gasteiger partial charge in [-0.3, -0.25) is 0 Å². The minimum absolute atomic E-state index is 0.326. The second kappa shape index (κ2) is 4.91. The van der Waals surface area contributed by atoms with Crippen LogP contribution >= 0.6 is 0 Å². The number of phenols is 1. The molecule has 3 N–H and O–H groups in total. The number of nitrogen functional groups attached to an aromatic ring is 1. The molecular weight excluding hydrogens is 210 g/mol. The van der Waals surface area contributed by atoms with Gasteiger partial charge in [0.25, 0.3) is 0 Å². The van der Waals surface area contributed by atoms with Crippen LogP contribution in [-0.4, -0.2) is 5.11 Å². The average molecular weight is 227 g/mol. The molecule has 0 aliphatic rings. The third kappa shape index (κ3) is 3.00. The Morgan fingerprint density at radius 3 is 2.47 bits per heavy atom. The van der Waals surface area contributed by atoms with E-state index in [9.17, 15) is 5.11 Å². The highest BCUT2D eigenvalue weighted by atomic mass is 16.3. The van der Waals surface area contributed by atoms with Crippen LogP contribution in [0.5, 0.6) is 5.75 Å². The van der Waals surface area contributed by atoms with Gasteiger partial charge >= 0.3 is 0 Å². The number of benzene rings is 2. The van der Waals surface area contributed by atoms with Crippen molar-refractivity contribution in [1.29, 1.82) is 0 Å². The lowest BCUT2D eigenvalue weighted by atomic mass is 9.93. The van der Waals surface area contributed by atoms with Crippen LogP contribution in [0.4, 0.5) is 5.69 Å². The van der Waals surface area contributed by atoms with Gasteiger partial charge in [0.2, 0.25) is 0 Å². The van der Waals surface area contributed by atoms with Crippen molar-refractivity contribution in [3.63, 3.8) is 0 Å². The van der Waals surface area contributed by atoms with Crippen LogP contribution in [0.2, 0.25) is 0 Å². The van der Waals surface area contributed by atoms with E-state index in [4.69, 9.17) is 5.73 Å². The maximum Gasteiger partial charge on any atom is 0.115 e. The molecule has 1 unspecified atom stereocenters. The molecule has 2 rings (SSSR count). The maximum atomic E-state index is 9.42. The molecule has 0 saturated heterocycles. The van der Waals surface area contributed by atoms with Crippen LogP contribution < -0.4 is 5.73 Å². The SMILES string of the molecule is CC(Cc1cccc(O)c1)c1ccc(N)cc1. The van der Waals surface area contributed by atoms with Crippen molar-refractivity contribution in [3.8, 4) is 5.75 Å². The van der Waals surface area contributed by atoms with Crippen molar-refractivity contribution in [2.75, 3.05) is 5.73 Å². The molecule has 17 heavy (non-hydrogen) atoms. The Morgan fingerprint density at radius 2 is 1.82 bits per heavy atom. The van der Waals surface area contributed by atoms with Gasteiger partial charge in [0, 0.05) is 5.69 Å². The number of hydrogen-bond donors (Lipinski definition) is 2. The van der Waals surface area contributed by atoms with Crippen molar-refractivity contribution >= 4 is 5.69 Å². The summed E-state index contributed by atoms with van der Waals surface area (Å²) in [6.07, 6.45) is 0.915. The maximum absolute atomic E-state index is 9.42. The van der Waals surface area contributed by atoms with Crippen molar-refractivity contribution < 1.29 is 5.11 Å². The average Bonchev–Trinajstić information content (AvgIpc) is 2.29. The van der Waals surface area contributed by atoms with Crippen LogP contribution in [0.3, 0.4) is 0 Å². The first-order chi connectivity index (χ1) is 8.15. The molecule has 88 valence electrons. The first kappa shape index (κ1) is 11.5. The summed E-state index contributed by atoms with van der Waals surface area (Å²) in [5.74, 6) is 0.740. The highest BCUT2D eigenvalue weighted by Gasteiger charge is 2.06. The molecule has 2 aromatic rings. The number of hydrogen-bond acceptors (Lipinski definition) is 2. The molecule has 2 aromatic carbocycles. The summed E-state index contributed by atoms with van der Waals surface area (Å²) >= 11 is 0. The quantitative estimate of drug-likeness (QED) is 0.790. The molecule has 0 saturated carbocycles. The van der Waals surface area contributed by atoms with Gasteiger partial charge in [-0.15, -0.1) is 0 Å². The molecule has 0 heterocycles. The number of anilines is 1. The Morgan fingerprint density at radius 1 is 1.12 bits per heavy atom. The Hall–Kier alpha value is -1.96. The summed E-state index contributed by atoms with van der Waals surface area (Å²) in [5.41, 5.74) is 8.87. The molecule has 0 radical (unpaired) electrons. The van der Waals surface area contributed by atoms with Crippen molar-refractivity contribution in [2.45, 2.75) is 19.3 Å². The summed E-state index contributed by atoms with van der Waals surface area (Å²) < 4.78 is 0. The van der Waals surface area contributed by atoms with E-state index in [0.29, 0.717) is 11.7 Å². The third-order valence-electron chi connectivity index (χ3n) is 2.96. The molecule has 0 bridgehead atoms. The van der Waals surface area contributed by atoms with Gasteiger partial charge in [-0.05, 0) is 47.7 Å². The molecule has 0 aliphatic carbocycles. The van der Waals surface area contributed by atoms with Gasteiger partial charge in [0.15, 0.2) is 0 Å². The fourth-order valence-electron chi connectivity index (χ4n) is 1.98. The molecule has 2 nitrogen and oxygen atoms in total. The van der Waals surface area contributed by atoms with Crippen LogP contribution in [0.1, 0.15) is 24.0 Å². The zero-order valence-corrected chi connectivity index (χ0v) is 9.93. The first-order valence-electron chi connectivity index (χ1n) is 5.78. The van der Waals surface area contributed by atoms with Crippen LogP contribution in [-0.2, 0) is 6.42 Å². The molecule has 1 atom stereocenters.